The number of hydrogen-bond acceptors (Lipinski definition) is 5. The summed E-state index contributed by atoms with van der Waals surface area (Å²) in [5.41, 5.74) is 1.24. The molecule has 0 unspecified atom stereocenters. The van der Waals surface area contributed by atoms with Crippen molar-refractivity contribution >= 4 is 5.97 Å². The van der Waals surface area contributed by atoms with Gasteiger partial charge < -0.3 is 9.63 Å². The van der Waals surface area contributed by atoms with Gasteiger partial charge in [-0.05, 0) is 31.4 Å². The van der Waals surface area contributed by atoms with Gasteiger partial charge in [-0.25, -0.2) is 0 Å². The Hall–Kier alpha value is -2.21. The van der Waals surface area contributed by atoms with E-state index in [0.717, 1.165) is 25.8 Å². The molecule has 1 saturated heterocycles. The van der Waals surface area contributed by atoms with Gasteiger partial charge in [0.15, 0.2) is 5.82 Å². The van der Waals surface area contributed by atoms with Gasteiger partial charge in [0.1, 0.15) is 6.04 Å². The van der Waals surface area contributed by atoms with Gasteiger partial charge in [-0.2, -0.15) is 4.98 Å². The number of benzene rings is 1. The normalized spacial score (nSPS) is 18.6. The monoisotopic (exact) mass is 301 g/mol. The molecular weight excluding hydrogens is 282 g/mol. The van der Waals surface area contributed by atoms with Crippen LogP contribution in [-0.4, -0.2) is 38.7 Å². The first kappa shape index (κ1) is 14.7. The lowest BCUT2D eigenvalue weighted by Crippen LogP contribution is -2.35. The van der Waals surface area contributed by atoms with Crippen molar-refractivity contribution in [2.45, 2.75) is 38.3 Å². The van der Waals surface area contributed by atoms with Crippen LogP contribution in [0.15, 0.2) is 34.9 Å². The van der Waals surface area contributed by atoms with Gasteiger partial charge in [0.05, 0.1) is 6.54 Å². The number of carboxylic acids is 1. The first-order valence-corrected chi connectivity index (χ1v) is 7.54. The average Bonchev–Trinajstić information content (AvgIpc) is 3.16. The molecule has 0 saturated carbocycles. The van der Waals surface area contributed by atoms with Gasteiger partial charge >= 0.3 is 5.97 Å². The molecule has 1 aliphatic heterocycles. The Kier molecular flexibility index (Phi) is 4.48. The molecule has 0 bridgehead atoms. The van der Waals surface area contributed by atoms with E-state index < -0.39 is 12.0 Å². The SMILES string of the molecule is O=C(O)[C@H]1CCCN1Cc1nc(CCc2ccccc2)no1. The third-order valence-electron chi connectivity index (χ3n) is 3.98. The summed E-state index contributed by atoms with van der Waals surface area (Å²) in [6.45, 7) is 1.17. The highest BCUT2D eigenvalue weighted by atomic mass is 16.5. The second-order valence-electron chi connectivity index (χ2n) is 5.56. The Labute approximate surface area is 128 Å². The standard InChI is InChI=1S/C16H19N3O3/c20-16(21)13-7-4-10-19(13)11-15-17-14(18-22-15)9-8-12-5-2-1-3-6-12/h1-3,5-6,13H,4,7-11H2,(H,20,21)/t13-/m1/s1. The molecular formula is C16H19N3O3. The Morgan fingerprint density at radius 1 is 1.32 bits per heavy atom. The smallest absolute Gasteiger partial charge is 0.320 e. The van der Waals surface area contributed by atoms with Crippen LogP contribution in [0, 0.1) is 0 Å². The Morgan fingerprint density at radius 2 is 2.14 bits per heavy atom. The van der Waals surface area contributed by atoms with Crippen molar-refractivity contribution < 1.29 is 14.4 Å². The third kappa shape index (κ3) is 3.51. The lowest BCUT2D eigenvalue weighted by molar-refractivity contribution is -0.142. The van der Waals surface area contributed by atoms with Crippen molar-refractivity contribution in [3.05, 3.63) is 47.6 Å². The molecule has 0 spiro atoms. The third-order valence-corrected chi connectivity index (χ3v) is 3.98. The van der Waals surface area contributed by atoms with E-state index in [0.29, 0.717) is 24.7 Å². The zero-order valence-corrected chi connectivity index (χ0v) is 12.3. The predicted molar refractivity (Wildman–Crippen MR) is 79.2 cm³/mol. The maximum atomic E-state index is 11.2. The highest BCUT2D eigenvalue weighted by Crippen LogP contribution is 2.19. The zero-order chi connectivity index (χ0) is 15.4. The van der Waals surface area contributed by atoms with E-state index in [2.05, 4.69) is 22.3 Å². The summed E-state index contributed by atoms with van der Waals surface area (Å²) in [6.07, 6.45) is 3.16. The topological polar surface area (TPSA) is 79.5 Å². The van der Waals surface area contributed by atoms with E-state index >= 15 is 0 Å². The second kappa shape index (κ2) is 6.70. The van der Waals surface area contributed by atoms with Gasteiger partial charge in [0.25, 0.3) is 0 Å². The van der Waals surface area contributed by atoms with E-state index in [1.165, 1.54) is 5.56 Å². The number of carbonyl (C=O) groups is 1. The van der Waals surface area contributed by atoms with Crippen LogP contribution in [0.4, 0.5) is 0 Å². The van der Waals surface area contributed by atoms with Crippen LogP contribution < -0.4 is 0 Å². The number of aryl methyl sites for hydroxylation is 2. The van der Waals surface area contributed by atoms with E-state index in [1.807, 2.05) is 23.1 Å². The van der Waals surface area contributed by atoms with Crippen molar-refractivity contribution in [3.8, 4) is 0 Å². The number of aromatic nitrogens is 2. The minimum absolute atomic E-state index is 0.412. The molecule has 0 radical (unpaired) electrons. The number of hydrogen-bond donors (Lipinski definition) is 1. The highest BCUT2D eigenvalue weighted by Gasteiger charge is 2.31. The summed E-state index contributed by atoms with van der Waals surface area (Å²) in [5, 5.41) is 13.2. The van der Waals surface area contributed by atoms with Crippen LogP contribution in [0.25, 0.3) is 0 Å². The number of rotatable bonds is 6. The van der Waals surface area contributed by atoms with E-state index in [9.17, 15) is 4.79 Å². The Balaban J connectivity index is 1.56. The quantitative estimate of drug-likeness (QED) is 0.878. The predicted octanol–water partition coefficient (Wildman–Crippen LogP) is 1.90. The van der Waals surface area contributed by atoms with Crippen LogP contribution in [-0.2, 0) is 24.2 Å². The summed E-state index contributed by atoms with van der Waals surface area (Å²) < 4.78 is 5.25. The van der Waals surface area contributed by atoms with Crippen molar-refractivity contribution in [2.75, 3.05) is 6.54 Å². The van der Waals surface area contributed by atoms with Crippen LogP contribution >= 0.6 is 0 Å². The maximum Gasteiger partial charge on any atom is 0.320 e. The van der Waals surface area contributed by atoms with Crippen molar-refractivity contribution in [3.63, 3.8) is 0 Å². The molecule has 6 nitrogen and oxygen atoms in total. The molecule has 2 aromatic rings. The second-order valence-corrected chi connectivity index (χ2v) is 5.56. The lowest BCUT2D eigenvalue weighted by Gasteiger charge is -2.18. The summed E-state index contributed by atoms with van der Waals surface area (Å²) in [4.78, 5) is 17.4. The van der Waals surface area contributed by atoms with Crippen LogP contribution in [0.2, 0.25) is 0 Å². The summed E-state index contributed by atoms with van der Waals surface area (Å²) in [6, 6.07) is 9.72. The van der Waals surface area contributed by atoms with Crippen molar-refractivity contribution in [1.82, 2.24) is 15.0 Å². The van der Waals surface area contributed by atoms with Gasteiger partial charge in [-0.1, -0.05) is 35.5 Å². The van der Waals surface area contributed by atoms with Crippen molar-refractivity contribution in [1.29, 1.82) is 0 Å². The first-order chi connectivity index (χ1) is 10.7. The van der Waals surface area contributed by atoms with Gasteiger partial charge in [0.2, 0.25) is 5.89 Å². The lowest BCUT2D eigenvalue weighted by atomic mass is 10.1. The molecule has 6 heteroatoms. The Morgan fingerprint density at radius 3 is 2.91 bits per heavy atom. The zero-order valence-electron chi connectivity index (χ0n) is 12.3. The summed E-state index contributed by atoms with van der Waals surface area (Å²) in [7, 11) is 0. The molecule has 0 amide bonds. The highest BCUT2D eigenvalue weighted by molar-refractivity contribution is 5.73. The fourth-order valence-corrected chi connectivity index (χ4v) is 2.83. The molecule has 1 fully saturated rings. The molecule has 1 aromatic carbocycles. The van der Waals surface area contributed by atoms with E-state index in [1.54, 1.807) is 0 Å². The number of aliphatic carboxylic acids is 1. The van der Waals surface area contributed by atoms with Crippen LogP contribution in [0.1, 0.15) is 30.1 Å². The van der Waals surface area contributed by atoms with Gasteiger partial charge in [-0.15, -0.1) is 0 Å². The summed E-state index contributed by atoms with van der Waals surface area (Å²) >= 11 is 0. The summed E-state index contributed by atoms with van der Waals surface area (Å²) in [5.74, 6) is 0.391. The molecule has 1 atom stereocenters. The number of nitrogens with zero attached hydrogens (tertiary/aromatic N) is 3. The molecule has 1 aromatic heterocycles. The molecule has 116 valence electrons. The van der Waals surface area contributed by atoms with Crippen LogP contribution in [0.5, 0.6) is 0 Å². The van der Waals surface area contributed by atoms with Crippen molar-refractivity contribution in [2.24, 2.45) is 0 Å². The molecule has 3 rings (SSSR count). The number of likely N-dealkylation sites (tertiary alicyclic amines) is 1. The van der Waals surface area contributed by atoms with E-state index in [4.69, 9.17) is 9.63 Å². The van der Waals surface area contributed by atoms with E-state index in [-0.39, 0.29) is 0 Å². The molecule has 22 heavy (non-hydrogen) atoms. The largest absolute Gasteiger partial charge is 0.480 e. The Bertz CT molecular complexity index is 627. The average molecular weight is 301 g/mol. The van der Waals surface area contributed by atoms with Gasteiger partial charge in [0, 0.05) is 6.42 Å². The molecule has 0 aliphatic carbocycles. The maximum absolute atomic E-state index is 11.2. The van der Waals surface area contributed by atoms with Gasteiger partial charge in [-0.3, -0.25) is 9.69 Å². The number of carboxylic acid groups (broad SMARTS) is 1. The molecule has 2 heterocycles. The fraction of sp³-hybridized carbons (Fsp3) is 0.438. The first-order valence-electron chi connectivity index (χ1n) is 7.54. The van der Waals surface area contributed by atoms with Crippen LogP contribution in [0.3, 0.4) is 0 Å². The minimum atomic E-state index is -0.777. The molecule has 1 N–H and O–H groups in total. The molecule has 1 aliphatic rings. The minimum Gasteiger partial charge on any atom is -0.480 e. The fourth-order valence-electron chi connectivity index (χ4n) is 2.83.